The molecule has 0 bridgehead atoms. The Balaban J connectivity index is 2.60. The molecule has 1 aromatic rings. The number of para-hydroxylation sites is 1. The van der Waals surface area contributed by atoms with Crippen LogP contribution in [-0.4, -0.2) is 35.9 Å². The average molecular weight is 261 g/mol. The molecule has 0 fully saturated rings. The second kappa shape index (κ2) is 6.51. The maximum absolute atomic E-state index is 12.8. The molecule has 3 N–H and O–H groups in total. The molecular weight excluding hydrogens is 244 g/mol. The number of aromatic hydroxyl groups is 1. The van der Waals surface area contributed by atoms with Crippen molar-refractivity contribution < 1.29 is 23.7 Å². The zero-order valence-electron chi connectivity index (χ0n) is 10.1. The Bertz CT molecular complexity index is 386. The molecule has 18 heavy (non-hydrogen) atoms. The van der Waals surface area contributed by atoms with E-state index in [1.54, 1.807) is 25.1 Å². The lowest BCUT2D eigenvalue weighted by atomic mass is 10.2. The standard InChI is InChI=1S/C12H17F2NO3/c1-2-18-10-5-3-4-9(11(10)17)6-15-7-12(13,14)8-16/h3-5,15-17H,2,6-8H2,1H3. The lowest BCUT2D eigenvalue weighted by Crippen LogP contribution is -2.35. The van der Waals surface area contributed by atoms with Crippen LogP contribution >= 0.6 is 0 Å². The lowest BCUT2D eigenvalue weighted by molar-refractivity contribution is -0.0478. The highest BCUT2D eigenvalue weighted by molar-refractivity contribution is 5.45. The quantitative estimate of drug-likeness (QED) is 0.696. The number of hydrogen-bond acceptors (Lipinski definition) is 4. The second-order valence-corrected chi connectivity index (χ2v) is 3.81. The van der Waals surface area contributed by atoms with Gasteiger partial charge in [-0.05, 0) is 13.0 Å². The van der Waals surface area contributed by atoms with E-state index in [4.69, 9.17) is 9.84 Å². The molecule has 0 heterocycles. The number of ether oxygens (including phenoxy) is 1. The van der Waals surface area contributed by atoms with Gasteiger partial charge in [-0.1, -0.05) is 12.1 Å². The Kier molecular flexibility index (Phi) is 5.30. The molecule has 0 aliphatic carbocycles. The molecule has 0 aliphatic heterocycles. The van der Waals surface area contributed by atoms with Crippen molar-refractivity contribution >= 4 is 0 Å². The first-order valence-electron chi connectivity index (χ1n) is 5.63. The van der Waals surface area contributed by atoms with Crippen molar-refractivity contribution in [3.63, 3.8) is 0 Å². The highest BCUT2D eigenvalue weighted by atomic mass is 19.3. The van der Waals surface area contributed by atoms with Crippen molar-refractivity contribution in [2.24, 2.45) is 0 Å². The van der Waals surface area contributed by atoms with E-state index in [2.05, 4.69) is 5.32 Å². The van der Waals surface area contributed by atoms with E-state index in [0.717, 1.165) is 0 Å². The summed E-state index contributed by atoms with van der Waals surface area (Å²) >= 11 is 0. The maximum Gasteiger partial charge on any atom is 0.282 e. The topological polar surface area (TPSA) is 61.7 Å². The minimum atomic E-state index is -3.16. The van der Waals surface area contributed by atoms with E-state index >= 15 is 0 Å². The SMILES string of the molecule is CCOc1cccc(CNCC(F)(F)CO)c1O. The number of alkyl halides is 2. The number of aliphatic hydroxyl groups excluding tert-OH is 1. The van der Waals surface area contributed by atoms with Gasteiger partial charge >= 0.3 is 0 Å². The van der Waals surface area contributed by atoms with Gasteiger partial charge in [0.2, 0.25) is 0 Å². The Morgan fingerprint density at radius 1 is 1.39 bits per heavy atom. The fourth-order valence-electron chi connectivity index (χ4n) is 1.42. The van der Waals surface area contributed by atoms with Crippen LogP contribution in [0.25, 0.3) is 0 Å². The molecule has 1 aromatic carbocycles. The first-order valence-corrected chi connectivity index (χ1v) is 5.63. The third kappa shape index (κ3) is 4.12. The van der Waals surface area contributed by atoms with Gasteiger partial charge in [-0.15, -0.1) is 0 Å². The monoisotopic (exact) mass is 261 g/mol. The van der Waals surface area contributed by atoms with Crippen molar-refractivity contribution in [2.75, 3.05) is 19.8 Å². The fraction of sp³-hybridized carbons (Fsp3) is 0.500. The molecule has 0 atom stereocenters. The third-order valence-electron chi connectivity index (χ3n) is 2.31. The van der Waals surface area contributed by atoms with Gasteiger partial charge in [-0.3, -0.25) is 0 Å². The lowest BCUT2D eigenvalue weighted by Gasteiger charge is -2.15. The van der Waals surface area contributed by atoms with Crippen molar-refractivity contribution in [2.45, 2.75) is 19.4 Å². The molecular formula is C12H17F2NO3. The molecule has 0 saturated heterocycles. The molecule has 102 valence electrons. The molecule has 0 radical (unpaired) electrons. The number of rotatable bonds is 7. The molecule has 4 nitrogen and oxygen atoms in total. The van der Waals surface area contributed by atoms with Gasteiger partial charge in [-0.25, -0.2) is 8.78 Å². The molecule has 0 spiro atoms. The van der Waals surface area contributed by atoms with Gasteiger partial charge in [0.05, 0.1) is 13.2 Å². The van der Waals surface area contributed by atoms with Crippen molar-refractivity contribution in [3.05, 3.63) is 23.8 Å². The van der Waals surface area contributed by atoms with E-state index < -0.39 is 19.1 Å². The molecule has 0 unspecified atom stereocenters. The molecule has 0 saturated carbocycles. The first kappa shape index (κ1) is 14.7. The van der Waals surface area contributed by atoms with Gasteiger partial charge in [-0.2, -0.15) is 0 Å². The van der Waals surface area contributed by atoms with Crippen LogP contribution in [0.5, 0.6) is 11.5 Å². The zero-order chi connectivity index (χ0) is 13.6. The fourth-order valence-corrected chi connectivity index (χ4v) is 1.42. The predicted molar refractivity (Wildman–Crippen MR) is 63.0 cm³/mol. The minimum absolute atomic E-state index is 0.0563. The largest absolute Gasteiger partial charge is 0.504 e. The number of halogens is 2. The smallest absolute Gasteiger partial charge is 0.282 e. The highest BCUT2D eigenvalue weighted by Gasteiger charge is 2.26. The van der Waals surface area contributed by atoms with Crippen LogP contribution in [0.2, 0.25) is 0 Å². The molecule has 0 amide bonds. The van der Waals surface area contributed by atoms with Crippen LogP contribution in [0, 0.1) is 0 Å². The van der Waals surface area contributed by atoms with Crippen LogP contribution in [-0.2, 0) is 6.54 Å². The second-order valence-electron chi connectivity index (χ2n) is 3.81. The molecule has 1 rings (SSSR count). The zero-order valence-corrected chi connectivity index (χ0v) is 10.1. The summed E-state index contributed by atoms with van der Waals surface area (Å²) in [5.41, 5.74) is 0.467. The van der Waals surface area contributed by atoms with E-state index in [-0.39, 0.29) is 12.3 Å². The van der Waals surface area contributed by atoms with E-state index in [0.29, 0.717) is 17.9 Å². The van der Waals surface area contributed by atoms with Crippen molar-refractivity contribution in [3.8, 4) is 11.5 Å². The van der Waals surface area contributed by atoms with Crippen LogP contribution < -0.4 is 10.1 Å². The number of phenolic OH excluding ortho intramolecular Hbond substituents is 1. The molecule has 0 aliphatic rings. The number of nitrogens with one attached hydrogen (secondary N) is 1. The van der Waals surface area contributed by atoms with Crippen LogP contribution in [0.1, 0.15) is 12.5 Å². The average Bonchev–Trinajstić information content (AvgIpc) is 2.34. The summed E-state index contributed by atoms with van der Waals surface area (Å²) < 4.78 is 30.7. The van der Waals surface area contributed by atoms with Gasteiger partial charge < -0.3 is 20.3 Å². The summed E-state index contributed by atoms with van der Waals surface area (Å²) in [6, 6.07) is 4.89. The van der Waals surface area contributed by atoms with Crippen molar-refractivity contribution in [1.82, 2.24) is 5.32 Å². The molecule has 0 aromatic heterocycles. The van der Waals surface area contributed by atoms with Gasteiger partial charge in [0.15, 0.2) is 11.5 Å². The van der Waals surface area contributed by atoms with Crippen LogP contribution in [0.4, 0.5) is 8.78 Å². The van der Waals surface area contributed by atoms with Gasteiger partial charge in [0.1, 0.15) is 6.61 Å². The van der Waals surface area contributed by atoms with E-state index in [9.17, 15) is 13.9 Å². The van der Waals surface area contributed by atoms with Gasteiger partial charge in [0.25, 0.3) is 5.92 Å². The normalized spacial score (nSPS) is 11.6. The highest BCUT2D eigenvalue weighted by Crippen LogP contribution is 2.29. The minimum Gasteiger partial charge on any atom is -0.504 e. The first-order chi connectivity index (χ1) is 8.50. The van der Waals surface area contributed by atoms with Crippen LogP contribution in [0.15, 0.2) is 18.2 Å². The van der Waals surface area contributed by atoms with Gasteiger partial charge in [0, 0.05) is 12.1 Å². The Hall–Kier alpha value is -1.40. The van der Waals surface area contributed by atoms with E-state index in [1.807, 2.05) is 0 Å². The summed E-state index contributed by atoms with van der Waals surface area (Å²) in [5, 5.41) is 20.7. The van der Waals surface area contributed by atoms with E-state index in [1.165, 1.54) is 0 Å². The number of hydrogen-bond donors (Lipinski definition) is 3. The van der Waals surface area contributed by atoms with Crippen LogP contribution in [0.3, 0.4) is 0 Å². The van der Waals surface area contributed by atoms with Crippen molar-refractivity contribution in [1.29, 1.82) is 0 Å². The summed E-state index contributed by atoms with van der Waals surface area (Å²) in [4.78, 5) is 0. The third-order valence-corrected chi connectivity index (χ3v) is 2.31. The number of phenols is 1. The summed E-state index contributed by atoms with van der Waals surface area (Å²) in [7, 11) is 0. The Morgan fingerprint density at radius 2 is 2.11 bits per heavy atom. The summed E-state index contributed by atoms with van der Waals surface area (Å²) in [6.45, 7) is 0.411. The predicted octanol–water partition coefficient (Wildman–Crippen LogP) is 1.51. The Morgan fingerprint density at radius 3 is 2.72 bits per heavy atom. The number of aliphatic hydroxyl groups is 1. The summed E-state index contributed by atoms with van der Waals surface area (Å²) in [6.07, 6.45) is 0. The Labute approximate surface area is 104 Å². The number of benzene rings is 1. The summed E-state index contributed by atoms with van der Waals surface area (Å²) in [5.74, 6) is -2.89. The molecule has 6 heteroatoms. The maximum atomic E-state index is 12.8.